The first kappa shape index (κ1) is 12.8. The number of aromatic nitrogens is 3. The van der Waals surface area contributed by atoms with Crippen molar-refractivity contribution >= 4 is 11.0 Å². The largest absolute Gasteiger partial charge is 0.380 e. The fraction of sp³-hybridized carbons (Fsp3) is 0.250. The van der Waals surface area contributed by atoms with E-state index in [0.717, 1.165) is 35.7 Å². The van der Waals surface area contributed by atoms with Gasteiger partial charge >= 0.3 is 0 Å². The summed E-state index contributed by atoms with van der Waals surface area (Å²) in [6.45, 7) is 4.19. The molecule has 0 saturated carbocycles. The highest BCUT2D eigenvalue weighted by molar-refractivity contribution is 5.79. The molecule has 0 saturated heterocycles. The number of ether oxygens (including phenoxy) is 1. The van der Waals surface area contributed by atoms with E-state index >= 15 is 0 Å². The van der Waals surface area contributed by atoms with E-state index in [0.29, 0.717) is 6.61 Å². The van der Waals surface area contributed by atoms with Gasteiger partial charge in [-0.2, -0.15) is 0 Å². The summed E-state index contributed by atoms with van der Waals surface area (Å²) in [4.78, 5) is 9.12. The number of para-hydroxylation sites is 2. The Kier molecular flexibility index (Phi) is 3.74. The Morgan fingerprint density at radius 2 is 1.95 bits per heavy atom. The third kappa shape index (κ3) is 2.42. The normalized spacial score (nSPS) is 11.1. The van der Waals surface area contributed by atoms with Crippen LogP contribution < -0.4 is 0 Å². The van der Waals surface area contributed by atoms with Gasteiger partial charge in [-0.05, 0) is 31.2 Å². The molecule has 0 aliphatic rings. The molecule has 0 radical (unpaired) electrons. The smallest absolute Gasteiger partial charge is 0.159 e. The zero-order valence-corrected chi connectivity index (χ0v) is 11.5. The second-order valence-electron chi connectivity index (χ2n) is 4.49. The van der Waals surface area contributed by atoms with E-state index in [-0.39, 0.29) is 0 Å². The van der Waals surface area contributed by atoms with Crippen molar-refractivity contribution in [1.29, 1.82) is 0 Å². The quantitative estimate of drug-likeness (QED) is 0.667. The topological polar surface area (TPSA) is 39.9 Å². The van der Waals surface area contributed by atoms with Crippen LogP contribution in [-0.2, 0) is 11.3 Å². The molecule has 0 aliphatic heterocycles. The van der Waals surface area contributed by atoms with E-state index in [9.17, 15) is 0 Å². The van der Waals surface area contributed by atoms with Crippen LogP contribution in [0.2, 0.25) is 0 Å². The minimum atomic E-state index is 0.677. The van der Waals surface area contributed by atoms with Crippen LogP contribution in [0.25, 0.3) is 22.6 Å². The second kappa shape index (κ2) is 5.84. The Labute approximate surface area is 118 Å². The van der Waals surface area contributed by atoms with E-state index in [2.05, 4.69) is 15.6 Å². The zero-order valence-electron chi connectivity index (χ0n) is 11.5. The average Bonchev–Trinajstić information content (AvgIpc) is 2.87. The molecule has 0 spiro atoms. The SMILES string of the molecule is CCOCCn1c(-c2ccccn2)nc2ccccc21. The molecule has 2 aromatic heterocycles. The molecule has 102 valence electrons. The third-order valence-electron chi connectivity index (χ3n) is 3.21. The molecular formula is C16H17N3O. The summed E-state index contributed by atoms with van der Waals surface area (Å²) in [6.07, 6.45) is 1.79. The number of fused-ring (bicyclic) bond motifs is 1. The first-order valence-corrected chi connectivity index (χ1v) is 6.84. The Morgan fingerprint density at radius 1 is 1.10 bits per heavy atom. The lowest BCUT2D eigenvalue weighted by molar-refractivity contribution is 0.140. The van der Waals surface area contributed by atoms with Gasteiger partial charge in [0.15, 0.2) is 5.82 Å². The number of hydrogen-bond acceptors (Lipinski definition) is 3. The van der Waals surface area contributed by atoms with Crippen LogP contribution in [0.3, 0.4) is 0 Å². The molecular weight excluding hydrogens is 250 g/mol. The molecule has 3 aromatic rings. The monoisotopic (exact) mass is 267 g/mol. The number of imidazole rings is 1. The number of pyridine rings is 1. The highest BCUT2D eigenvalue weighted by atomic mass is 16.5. The van der Waals surface area contributed by atoms with E-state index < -0.39 is 0 Å². The van der Waals surface area contributed by atoms with Gasteiger partial charge in [0.25, 0.3) is 0 Å². The first-order chi connectivity index (χ1) is 9.90. The van der Waals surface area contributed by atoms with E-state index in [1.807, 2.05) is 43.3 Å². The molecule has 0 N–H and O–H groups in total. The van der Waals surface area contributed by atoms with Crippen LogP contribution in [0.15, 0.2) is 48.7 Å². The number of rotatable bonds is 5. The molecule has 0 atom stereocenters. The Bertz CT molecular complexity index is 691. The molecule has 2 heterocycles. The standard InChI is InChI=1S/C16H17N3O/c1-2-20-12-11-19-15-9-4-3-7-13(15)18-16(19)14-8-5-6-10-17-14/h3-10H,2,11-12H2,1H3. The third-order valence-corrected chi connectivity index (χ3v) is 3.21. The van der Waals surface area contributed by atoms with E-state index in [4.69, 9.17) is 9.72 Å². The molecule has 0 fully saturated rings. The van der Waals surface area contributed by atoms with Crippen LogP contribution in [-0.4, -0.2) is 27.7 Å². The van der Waals surface area contributed by atoms with Gasteiger partial charge in [-0.3, -0.25) is 4.98 Å². The second-order valence-corrected chi connectivity index (χ2v) is 4.49. The maximum Gasteiger partial charge on any atom is 0.159 e. The lowest BCUT2D eigenvalue weighted by Gasteiger charge is -2.08. The molecule has 3 rings (SSSR count). The van der Waals surface area contributed by atoms with Crippen molar-refractivity contribution in [3.8, 4) is 11.5 Å². The van der Waals surface area contributed by atoms with Crippen molar-refractivity contribution < 1.29 is 4.74 Å². The van der Waals surface area contributed by atoms with Crippen molar-refractivity contribution in [3.05, 3.63) is 48.7 Å². The number of nitrogens with zero attached hydrogens (tertiary/aromatic N) is 3. The van der Waals surface area contributed by atoms with Gasteiger partial charge in [-0.15, -0.1) is 0 Å². The lowest BCUT2D eigenvalue weighted by Crippen LogP contribution is -2.07. The van der Waals surface area contributed by atoms with Crippen LogP contribution in [0.5, 0.6) is 0 Å². The van der Waals surface area contributed by atoms with Gasteiger partial charge in [0.1, 0.15) is 5.69 Å². The molecule has 0 unspecified atom stereocenters. The predicted octanol–water partition coefficient (Wildman–Crippen LogP) is 3.13. The minimum absolute atomic E-state index is 0.677. The minimum Gasteiger partial charge on any atom is -0.380 e. The zero-order chi connectivity index (χ0) is 13.8. The van der Waals surface area contributed by atoms with Crippen molar-refractivity contribution in [2.75, 3.05) is 13.2 Å². The molecule has 20 heavy (non-hydrogen) atoms. The van der Waals surface area contributed by atoms with Gasteiger partial charge in [-0.1, -0.05) is 18.2 Å². The summed E-state index contributed by atoms with van der Waals surface area (Å²) in [5.41, 5.74) is 3.00. The van der Waals surface area contributed by atoms with Crippen LogP contribution in [0.1, 0.15) is 6.92 Å². The molecule has 0 amide bonds. The lowest BCUT2D eigenvalue weighted by atomic mass is 10.3. The Balaban J connectivity index is 2.08. The van der Waals surface area contributed by atoms with Crippen molar-refractivity contribution in [2.45, 2.75) is 13.5 Å². The van der Waals surface area contributed by atoms with Crippen molar-refractivity contribution in [2.24, 2.45) is 0 Å². The van der Waals surface area contributed by atoms with Crippen molar-refractivity contribution in [1.82, 2.24) is 14.5 Å². The molecule has 0 bridgehead atoms. The van der Waals surface area contributed by atoms with Crippen molar-refractivity contribution in [3.63, 3.8) is 0 Å². The van der Waals surface area contributed by atoms with E-state index in [1.54, 1.807) is 6.20 Å². The Hall–Kier alpha value is -2.20. The molecule has 4 nitrogen and oxygen atoms in total. The first-order valence-electron chi connectivity index (χ1n) is 6.84. The Morgan fingerprint density at radius 3 is 2.75 bits per heavy atom. The predicted molar refractivity (Wildman–Crippen MR) is 79.5 cm³/mol. The fourth-order valence-corrected chi connectivity index (χ4v) is 2.29. The van der Waals surface area contributed by atoms with Gasteiger partial charge in [0, 0.05) is 19.3 Å². The van der Waals surface area contributed by atoms with Gasteiger partial charge < -0.3 is 9.30 Å². The molecule has 0 aliphatic carbocycles. The highest BCUT2D eigenvalue weighted by Gasteiger charge is 2.12. The summed E-state index contributed by atoms with van der Waals surface area (Å²) in [7, 11) is 0. The maximum atomic E-state index is 5.48. The van der Waals surface area contributed by atoms with Crippen LogP contribution in [0, 0.1) is 0 Å². The molecule has 4 heteroatoms. The highest BCUT2D eigenvalue weighted by Crippen LogP contribution is 2.23. The van der Waals surface area contributed by atoms with Gasteiger partial charge in [0.2, 0.25) is 0 Å². The van der Waals surface area contributed by atoms with Gasteiger partial charge in [0.05, 0.1) is 17.6 Å². The number of benzene rings is 1. The summed E-state index contributed by atoms with van der Waals surface area (Å²) in [5.74, 6) is 0.895. The number of hydrogen-bond donors (Lipinski definition) is 0. The summed E-state index contributed by atoms with van der Waals surface area (Å²) < 4.78 is 7.65. The van der Waals surface area contributed by atoms with E-state index in [1.165, 1.54) is 0 Å². The van der Waals surface area contributed by atoms with Gasteiger partial charge in [-0.25, -0.2) is 4.98 Å². The fourth-order valence-electron chi connectivity index (χ4n) is 2.29. The molecule has 1 aromatic carbocycles. The average molecular weight is 267 g/mol. The maximum absolute atomic E-state index is 5.48. The summed E-state index contributed by atoms with van der Waals surface area (Å²) in [6, 6.07) is 14.0. The summed E-state index contributed by atoms with van der Waals surface area (Å²) >= 11 is 0. The van der Waals surface area contributed by atoms with Crippen LogP contribution in [0.4, 0.5) is 0 Å². The summed E-state index contributed by atoms with van der Waals surface area (Å²) in [5, 5.41) is 0. The van der Waals surface area contributed by atoms with Crippen LogP contribution >= 0.6 is 0 Å².